The fraction of sp³-hybridized carbons (Fsp3) is 0.306. The Morgan fingerprint density at radius 2 is 1.40 bits per heavy atom. The van der Waals surface area contributed by atoms with Crippen molar-refractivity contribution in [1.29, 1.82) is 0 Å². The molecule has 3 unspecified atom stereocenters. The molecule has 0 radical (unpaired) electrons. The summed E-state index contributed by atoms with van der Waals surface area (Å²) >= 11 is 0. The number of fused-ring (bicyclic) bond motifs is 3. The van der Waals surface area contributed by atoms with Crippen LogP contribution in [0.15, 0.2) is 121 Å². The first-order valence-electron chi connectivity index (χ1n) is 19.7. The van der Waals surface area contributed by atoms with Crippen molar-refractivity contribution in [2.75, 3.05) is 24.6 Å². The smallest absolute Gasteiger partial charge is 0.212 e. The number of aryl methyl sites for hydroxylation is 1. The molecule has 4 aliphatic heterocycles. The number of nitrogens with one attached hydrogen (secondary N) is 1. The second-order valence-corrected chi connectivity index (χ2v) is 16.2. The minimum atomic E-state index is -0.898. The van der Waals surface area contributed by atoms with Crippen molar-refractivity contribution in [3.8, 4) is 23.0 Å². The molecule has 0 saturated heterocycles. The Bertz CT molecular complexity index is 2370. The summed E-state index contributed by atoms with van der Waals surface area (Å²) in [5.41, 5.74) is 10.1. The topological polar surface area (TPSA) is 75.7 Å². The van der Waals surface area contributed by atoms with Crippen LogP contribution in [0.4, 0.5) is 11.4 Å². The second-order valence-electron chi connectivity index (χ2n) is 16.2. The number of nitrogens with zero attached hydrogens (tertiary/aromatic N) is 2. The molecule has 0 fully saturated rings. The zero-order chi connectivity index (χ0) is 40.3. The summed E-state index contributed by atoms with van der Waals surface area (Å²) < 4.78 is 26.1. The molecule has 4 aromatic rings. The number of para-hydroxylation sites is 1. The van der Waals surface area contributed by atoms with Crippen LogP contribution in [-0.4, -0.2) is 35.8 Å². The fourth-order valence-corrected chi connectivity index (χ4v) is 9.61. The van der Waals surface area contributed by atoms with E-state index >= 15 is 0 Å². The van der Waals surface area contributed by atoms with Crippen LogP contribution in [-0.2, 0) is 18.5 Å². The highest BCUT2D eigenvalue weighted by molar-refractivity contribution is 5.75. The number of methoxy groups -OCH3 is 2. The van der Waals surface area contributed by atoms with Crippen LogP contribution in [0.25, 0.3) is 12.2 Å². The van der Waals surface area contributed by atoms with E-state index in [2.05, 4.69) is 148 Å². The summed E-state index contributed by atoms with van der Waals surface area (Å²) in [5, 5.41) is 9.72. The molecule has 2 N–H and O–H groups in total. The standard InChI is InChI=1S/C49H53N3O5/c1-10-15-40-38(11-2)47(7,12-3)49(25-23-36-28-37(50-53)29-43(55-9)45(36)57-49)52(40)31-34-20-18-33(19-21-34)30-51-41-17-14-13-16-39(41)46(5,6)48(51)24-22-35-26-32(4)27-42(54-8)44(35)56-48/h10-11,13-29,50,53H,2,12,30-31H2,1,3-9H3/b15-10-. The molecule has 8 rings (SSSR count). The lowest BCUT2D eigenvalue weighted by atomic mass is 9.71. The second kappa shape index (κ2) is 14.0. The van der Waals surface area contributed by atoms with E-state index in [1.54, 1.807) is 20.3 Å². The van der Waals surface area contributed by atoms with Crippen molar-refractivity contribution in [3.05, 3.63) is 154 Å². The lowest BCUT2D eigenvalue weighted by Gasteiger charge is -2.49. The molecule has 8 heteroatoms. The summed E-state index contributed by atoms with van der Waals surface area (Å²) in [5.74, 6) is 2.66. The predicted octanol–water partition coefficient (Wildman–Crippen LogP) is 11.0. The number of allylic oxidation sites excluding steroid dienone is 3. The number of ether oxygens (including phenoxy) is 4. The lowest BCUT2D eigenvalue weighted by molar-refractivity contribution is -0.0871. The van der Waals surface area contributed by atoms with Gasteiger partial charge in [0.2, 0.25) is 11.4 Å². The van der Waals surface area contributed by atoms with E-state index in [9.17, 15) is 5.21 Å². The minimum absolute atomic E-state index is 0.382. The Hall–Kier alpha value is -5.86. The van der Waals surface area contributed by atoms with Gasteiger partial charge in [0, 0.05) is 41.7 Å². The molecule has 0 saturated carbocycles. The zero-order valence-electron chi connectivity index (χ0n) is 34.3. The average Bonchev–Trinajstić information content (AvgIpc) is 3.51. The van der Waals surface area contributed by atoms with Crippen LogP contribution >= 0.6 is 0 Å². The Kier molecular flexibility index (Phi) is 9.31. The highest BCUT2D eigenvalue weighted by Gasteiger charge is 2.61. The number of hydrogen-bond donors (Lipinski definition) is 2. The van der Waals surface area contributed by atoms with Gasteiger partial charge in [-0.2, -0.15) is 0 Å². The van der Waals surface area contributed by atoms with E-state index in [0.29, 0.717) is 30.3 Å². The minimum Gasteiger partial charge on any atom is -0.493 e. The predicted molar refractivity (Wildman–Crippen MR) is 229 cm³/mol. The van der Waals surface area contributed by atoms with E-state index in [-0.39, 0.29) is 5.41 Å². The van der Waals surface area contributed by atoms with E-state index < -0.39 is 16.9 Å². The quantitative estimate of drug-likeness (QED) is 0.155. The molecule has 0 amide bonds. The van der Waals surface area contributed by atoms with Gasteiger partial charge in [0.05, 0.1) is 30.7 Å². The van der Waals surface area contributed by atoms with E-state index in [4.69, 9.17) is 18.9 Å². The Balaban J connectivity index is 1.16. The van der Waals surface area contributed by atoms with Crippen molar-refractivity contribution in [2.45, 2.75) is 77.9 Å². The maximum absolute atomic E-state index is 9.72. The van der Waals surface area contributed by atoms with Crippen molar-refractivity contribution < 1.29 is 24.2 Å². The first-order chi connectivity index (χ1) is 27.4. The van der Waals surface area contributed by atoms with Crippen LogP contribution in [0, 0.1) is 12.3 Å². The first kappa shape index (κ1) is 38.0. The molecule has 0 aromatic heterocycles. The summed E-state index contributed by atoms with van der Waals surface area (Å²) in [4.78, 5) is 4.77. The summed E-state index contributed by atoms with van der Waals surface area (Å²) in [6.45, 7) is 18.6. The van der Waals surface area contributed by atoms with Gasteiger partial charge in [-0.05, 0) is 124 Å². The highest BCUT2D eigenvalue weighted by atomic mass is 16.6. The van der Waals surface area contributed by atoms with Gasteiger partial charge in [-0.15, -0.1) is 0 Å². The van der Waals surface area contributed by atoms with Gasteiger partial charge in [-0.25, -0.2) is 0 Å². The number of hydrogen-bond acceptors (Lipinski definition) is 8. The molecule has 3 atom stereocenters. The Morgan fingerprint density at radius 1 is 0.807 bits per heavy atom. The molecule has 294 valence electrons. The van der Waals surface area contributed by atoms with Crippen molar-refractivity contribution in [3.63, 3.8) is 0 Å². The first-order valence-corrected chi connectivity index (χ1v) is 19.7. The van der Waals surface area contributed by atoms with Gasteiger partial charge in [0.25, 0.3) is 0 Å². The number of anilines is 2. The largest absolute Gasteiger partial charge is 0.493 e. The average molecular weight is 764 g/mol. The molecular formula is C49H53N3O5. The van der Waals surface area contributed by atoms with Gasteiger partial charge < -0.3 is 28.7 Å². The zero-order valence-corrected chi connectivity index (χ0v) is 34.3. The van der Waals surface area contributed by atoms with Crippen LogP contribution < -0.4 is 29.3 Å². The van der Waals surface area contributed by atoms with Gasteiger partial charge in [-0.3, -0.25) is 10.7 Å². The third kappa shape index (κ3) is 5.52. The van der Waals surface area contributed by atoms with E-state index in [1.165, 1.54) is 5.56 Å². The van der Waals surface area contributed by atoms with Gasteiger partial charge >= 0.3 is 0 Å². The van der Waals surface area contributed by atoms with Crippen molar-refractivity contribution in [2.24, 2.45) is 5.41 Å². The van der Waals surface area contributed by atoms with Crippen LogP contribution in [0.2, 0.25) is 0 Å². The van der Waals surface area contributed by atoms with Crippen LogP contribution in [0.5, 0.6) is 23.0 Å². The highest BCUT2D eigenvalue weighted by Crippen LogP contribution is 2.60. The maximum Gasteiger partial charge on any atom is 0.212 e. The molecule has 57 heavy (non-hydrogen) atoms. The SMILES string of the molecule is C=CC1=C(/C=C\C)N(Cc2ccc(CN3c4ccccc4C(C)(C)C34C=Cc3cc(C)cc(OC)c3O4)cc2)C2(C=Cc3cc(NO)cc(OC)c3O2)C1(C)CC. The number of benzene rings is 4. The molecule has 4 aliphatic rings. The molecule has 4 heterocycles. The van der Waals surface area contributed by atoms with Crippen molar-refractivity contribution >= 4 is 23.5 Å². The normalized spacial score (nSPS) is 23.7. The van der Waals surface area contributed by atoms with Crippen molar-refractivity contribution in [1.82, 2.24) is 4.90 Å². The molecule has 8 nitrogen and oxygen atoms in total. The molecule has 0 aliphatic carbocycles. The third-order valence-electron chi connectivity index (χ3n) is 12.8. The Labute approximate surface area is 337 Å². The van der Waals surface area contributed by atoms with Crippen LogP contribution in [0.3, 0.4) is 0 Å². The maximum atomic E-state index is 9.72. The number of rotatable bonds is 10. The molecule has 0 bridgehead atoms. The molecule has 4 aromatic carbocycles. The molecular weight excluding hydrogens is 711 g/mol. The summed E-state index contributed by atoms with van der Waals surface area (Å²) in [7, 11) is 3.32. The van der Waals surface area contributed by atoms with Crippen LogP contribution in [0.1, 0.15) is 74.4 Å². The van der Waals surface area contributed by atoms with E-state index in [1.807, 2.05) is 25.1 Å². The van der Waals surface area contributed by atoms with E-state index in [0.717, 1.165) is 62.7 Å². The fourth-order valence-electron chi connectivity index (χ4n) is 9.61. The third-order valence-corrected chi connectivity index (χ3v) is 12.8. The monoisotopic (exact) mass is 763 g/mol. The summed E-state index contributed by atoms with van der Waals surface area (Å²) in [6.07, 6.45) is 15.7. The molecule has 2 spiro atoms. The lowest BCUT2D eigenvalue weighted by Crippen LogP contribution is -2.59. The van der Waals surface area contributed by atoms with Gasteiger partial charge in [0.15, 0.2) is 23.0 Å². The van der Waals surface area contributed by atoms with Gasteiger partial charge in [0.1, 0.15) is 0 Å². The summed E-state index contributed by atoms with van der Waals surface area (Å²) in [6, 6.07) is 25.4. The Morgan fingerprint density at radius 3 is 2.02 bits per heavy atom. The van der Waals surface area contributed by atoms with Gasteiger partial charge in [-0.1, -0.05) is 68.1 Å².